The molecule has 0 saturated carbocycles. The summed E-state index contributed by atoms with van der Waals surface area (Å²) in [6, 6.07) is 7.01. The number of benzene rings is 2. The number of hydrogen-bond donors (Lipinski definition) is 2. The largest absolute Gasteiger partial charge is 0.508 e. The number of halogens is 2. The molecule has 3 N–H and O–H groups in total. The quantitative estimate of drug-likeness (QED) is 0.893. The van der Waals surface area contributed by atoms with E-state index in [9.17, 15) is 14.3 Å². The number of phenolic OH excluding ortho intramolecular Hbond substituents is 1. The van der Waals surface area contributed by atoms with E-state index in [1.165, 1.54) is 30.3 Å². The van der Waals surface area contributed by atoms with Gasteiger partial charge in [-0.3, -0.25) is 4.79 Å². The molecular weight excluding hydrogens is 309 g/mol. The first-order chi connectivity index (χ1) is 10.5. The Morgan fingerprint density at radius 3 is 2.82 bits per heavy atom. The third kappa shape index (κ3) is 2.60. The van der Waals surface area contributed by atoms with Crippen molar-refractivity contribution >= 4 is 17.5 Å². The second-order valence-electron chi connectivity index (χ2n) is 5.15. The second-order valence-corrected chi connectivity index (χ2v) is 5.56. The molecule has 0 radical (unpaired) electrons. The van der Waals surface area contributed by atoms with E-state index in [0.29, 0.717) is 40.3 Å². The Bertz CT molecular complexity index is 763. The minimum Gasteiger partial charge on any atom is -0.508 e. The van der Waals surface area contributed by atoms with Crippen molar-refractivity contribution in [2.75, 3.05) is 0 Å². The molecule has 2 aromatic rings. The number of phenols is 1. The lowest BCUT2D eigenvalue weighted by atomic mass is 9.95. The number of amides is 1. The zero-order valence-electron chi connectivity index (χ0n) is 11.5. The van der Waals surface area contributed by atoms with Gasteiger partial charge in [0.1, 0.15) is 17.3 Å². The fourth-order valence-corrected chi connectivity index (χ4v) is 2.80. The zero-order valence-corrected chi connectivity index (χ0v) is 12.2. The van der Waals surface area contributed by atoms with E-state index in [0.717, 1.165) is 0 Å². The third-order valence-corrected chi connectivity index (χ3v) is 3.95. The van der Waals surface area contributed by atoms with Gasteiger partial charge in [0.15, 0.2) is 6.10 Å². The van der Waals surface area contributed by atoms with E-state index in [-0.39, 0.29) is 5.75 Å². The van der Waals surface area contributed by atoms with Gasteiger partial charge in [-0.15, -0.1) is 0 Å². The number of aromatic hydroxyl groups is 1. The Hall–Kier alpha value is -2.27. The standard InChI is InChI=1S/C16H13ClFNO3/c17-13-3-2-10(20)7-11(13)12-6-9(18)5-8-1-4-14(16(19)21)22-15(8)12/h2-3,5-7,14,20H,1,4H2,(H2,19,21)/t14-/m1/s1. The second kappa shape index (κ2) is 5.50. The molecule has 1 amide bonds. The van der Waals surface area contributed by atoms with E-state index in [4.69, 9.17) is 22.1 Å². The van der Waals surface area contributed by atoms with Crippen LogP contribution in [0.2, 0.25) is 5.02 Å². The number of aryl methyl sites for hydroxylation is 1. The van der Waals surface area contributed by atoms with Crippen LogP contribution >= 0.6 is 11.6 Å². The maximum absolute atomic E-state index is 13.9. The fourth-order valence-electron chi connectivity index (χ4n) is 2.58. The van der Waals surface area contributed by atoms with Crippen molar-refractivity contribution in [1.29, 1.82) is 0 Å². The van der Waals surface area contributed by atoms with Crippen molar-refractivity contribution in [3.05, 3.63) is 46.7 Å². The van der Waals surface area contributed by atoms with Crippen molar-refractivity contribution in [2.45, 2.75) is 18.9 Å². The van der Waals surface area contributed by atoms with Gasteiger partial charge in [-0.05, 0) is 48.7 Å². The molecule has 0 spiro atoms. The normalized spacial score (nSPS) is 16.7. The third-order valence-electron chi connectivity index (χ3n) is 3.62. The number of ether oxygens (including phenoxy) is 1. The van der Waals surface area contributed by atoms with Gasteiger partial charge in [-0.25, -0.2) is 4.39 Å². The van der Waals surface area contributed by atoms with Crippen LogP contribution in [0.5, 0.6) is 11.5 Å². The summed E-state index contributed by atoms with van der Waals surface area (Å²) < 4.78 is 19.5. The Morgan fingerprint density at radius 1 is 1.32 bits per heavy atom. The van der Waals surface area contributed by atoms with Gasteiger partial charge in [0, 0.05) is 16.1 Å². The number of rotatable bonds is 2. The molecule has 3 rings (SSSR count). The average Bonchev–Trinajstić information content (AvgIpc) is 2.48. The summed E-state index contributed by atoms with van der Waals surface area (Å²) in [5.41, 5.74) is 6.76. The summed E-state index contributed by atoms with van der Waals surface area (Å²) in [7, 11) is 0. The van der Waals surface area contributed by atoms with Gasteiger partial charge in [-0.1, -0.05) is 11.6 Å². The number of primary amides is 1. The fraction of sp³-hybridized carbons (Fsp3) is 0.188. The summed E-state index contributed by atoms with van der Waals surface area (Å²) in [5, 5.41) is 9.99. The highest BCUT2D eigenvalue weighted by Crippen LogP contribution is 2.42. The van der Waals surface area contributed by atoms with Crippen LogP contribution < -0.4 is 10.5 Å². The van der Waals surface area contributed by atoms with Crippen LogP contribution in [0.4, 0.5) is 4.39 Å². The van der Waals surface area contributed by atoms with E-state index < -0.39 is 17.8 Å². The SMILES string of the molecule is NC(=O)[C@H]1CCc2cc(F)cc(-c3cc(O)ccc3Cl)c2O1. The molecule has 0 fully saturated rings. The first-order valence-corrected chi connectivity index (χ1v) is 7.11. The molecule has 1 atom stereocenters. The number of hydrogen-bond acceptors (Lipinski definition) is 3. The van der Waals surface area contributed by atoms with Crippen LogP contribution in [-0.4, -0.2) is 17.1 Å². The highest BCUT2D eigenvalue weighted by molar-refractivity contribution is 6.33. The Labute approximate surface area is 131 Å². The molecule has 1 aliphatic heterocycles. The first-order valence-electron chi connectivity index (χ1n) is 6.73. The van der Waals surface area contributed by atoms with Crippen LogP contribution in [0, 0.1) is 5.82 Å². The number of carbonyl (C=O) groups is 1. The van der Waals surface area contributed by atoms with Crippen molar-refractivity contribution in [3.63, 3.8) is 0 Å². The number of fused-ring (bicyclic) bond motifs is 1. The van der Waals surface area contributed by atoms with E-state index in [2.05, 4.69) is 0 Å². The Balaban J connectivity index is 2.18. The molecular formula is C16H13ClFNO3. The number of carbonyl (C=O) groups excluding carboxylic acids is 1. The minimum atomic E-state index is -0.757. The molecule has 114 valence electrons. The predicted octanol–water partition coefficient (Wildman–Crippen LogP) is 3.03. The molecule has 4 nitrogen and oxygen atoms in total. The molecule has 1 heterocycles. The Kier molecular flexibility index (Phi) is 3.66. The maximum Gasteiger partial charge on any atom is 0.258 e. The molecule has 22 heavy (non-hydrogen) atoms. The highest BCUT2D eigenvalue weighted by Gasteiger charge is 2.27. The molecule has 0 aliphatic carbocycles. The van der Waals surface area contributed by atoms with Crippen LogP contribution in [0.25, 0.3) is 11.1 Å². The molecule has 1 aliphatic rings. The van der Waals surface area contributed by atoms with Gasteiger partial charge in [0.2, 0.25) is 0 Å². The topological polar surface area (TPSA) is 72.6 Å². The van der Waals surface area contributed by atoms with Gasteiger partial charge in [-0.2, -0.15) is 0 Å². The van der Waals surface area contributed by atoms with Gasteiger partial charge in [0.25, 0.3) is 5.91 Å². The molecule has 6 heteroatoms. The molecule has 0 bridgehead atoms. The lowest BCUT2D eigenvalue weighted by molar-refractivity contribution is -0.125. The molecule has 0 aromatic heterocycles. The first kappa shape index (κ1) is 14.7. The summed E-state index contributed by atoms with van der Waals surface area (Å²) in [5.74, 6) is -0.624. The van der Waals surface area contributed by atoms with Crippen LogP contribution in [-0.2, 0) is 11.2 Å². The summed E-state index contributed by atoms with van der Waals surface area (Å²) >= 11 is 6.14. The lowest BCUT2D eigenvalue weighted by Gasteiger charge is -2.26. The van der Waals surface area contributed by atoms with E-state index >= 15 is 0 Å². The summed E-state index contributed by atoms with van der Waals surface area (Å²) in [6.45, 7) is 0. The van der Waals surface area contributed by atoms with Crippen LogP contribution in [0.3, 0.4) is 0 Å². The van der Waals surface area contributed by atoms with Gasteiger partial charge >= 0.3 is 0 Å². The summed E-state index contributed by atoms with van der Waals surface area (Å²) in [6.07, 6.45) is 0.121. The minimum absolute atomic E-state index is 0.000304. The van der Waals surface area contributed by atoms with Crippen molar-refractivity contribution in [2.24, 2.45) is 5.73 Å². The Morgan fingerprint density at radius 2 is 2.09 bits per heavy atom. The van der Waals surface area contributed by atoms with Crippen molar-refractivity contribution in [3.8, 4) is 22.6 Å². The van der Waals surface area contributed by atoms with Gasteiger partial charge in [0.05, 0.1) is 0 Å². The van der Waals surface area contributed by atoms with E-state index in [1.54, 1.807) is 0 Å². The molecule has 0 unspecified atom stereocenters. The maximum atomic E-state index is 13.9. The van der Waals surface area contributed by atoms with Crippen molar-refractivity contribution < 1.29 is 19.0 Å². The monoisotopic (exact) mass is 321 g/mol. The van der Waals surface area contributed by atoms with Crippen LogP contribution in [0.1, 0.15) is 12.0 Å². The van der Waals surface area contributed by atoms with Crippen LogP contribution in [0.15, 0.2) is 30.3 Å². The lowest BCUT2D eigenvalue weighted by Crippen LogP contribution is -2.36. The van der Waals surface area contributed by atoms with E-state index in [1.807, 2.05) is 0 Å². The highest BCUT2D eigenvalue weighted by atomic mass is 35.5. The van der Waals surface area contributed by atoms with Crippen molar-refractivity contribution in [1.82, 2.24) is 0 Å². The van der Waals surface area contributed by atoms with Gasteiger partial charge < -0.3 is 15.6 Å². The average molecular weight is 322 g/mol. The summed E-state index contributed by atoms with van der Waals surface area (Å²) in [4.78, 5) is 11.4. The molecule has 2 aromatic carbocycles. The predicted molar refractivity (Wildman–Crippen MR) is 80.4 cm³/mol. The molecule has 0 saturated heterocycles. The smallest absolute Gasteiger partial charge is 0.258 e. The zero-order chi connectivity index (χ0) is 15.9. The number of nitrogens with two attached hydrogens (primary N) is 1.